The molecule has 0 aromatic carbocycles. The quantitative estimate of drug-likeness (QED) is 0.773. The van der Waals surface area contributed by atoms with Crippen LogP contribution in [0, 0.1) is 17.3 Å². The van der Waals surface area contributed by atoms with Gasteiger partial charge in [0.15, 0.2) is 11.5 Å². The number of hydrogen-bond donors (Lipinski definition) is 2. The van der Waals surface area contributed by atoms with Crippen molar-refractivity contribution in [2.45, 2.75) is 85.3 Å². The number of aromatic nitrogens is 3. The van der Waals surface area contributed by atoms with Gasteiger partial charge < -0.3 is 15.0 Å². The molecule has 0 bridgehead atoms. The van der Waals surface area contributed by atoms with Gasteiger partial charge in [-0.25, -0.2) is 0 Å². The molecule has 0 aliphatic heterocycles. The first kappa shape index (κ1) is 22.5. The maximum Gasteiger partial charge on any atom is 0.275 e. The molecule has 1 unspecified atom stereocenters. The third-order valence-electron chi connectivity index (χ3n) is 6.18. The largest absolute Gasteiger partial charge is 0.371 e. The SMILES string of the molecule is CCC(NC(=O)C1CCC(C(C)(C)C)CC1)c1nnc(C(C)(C)OC)[nH]c1=O. The van der Waals surface area contributed by atoms with Crippen molar-refractivity contribution < 1.29 is 9.53 Å². The maximum atomic E-state index is 12.8. The van der Waals surface area contributed by atoms with Gasteiger partial charge in [-0.05, 0) is 57.3 Å². The van der Waals surface area contributed by atoms with Gasteiger partial charge in [0.05, 0.1) is 6.04 Å². The van der Waals surface area contributed by atoms with Crippen LogP contribution in [0.15, 0.2) is 4.79 Å². The highest BCUT2D eigenvalue weighted by Crippen LogP contribution is 2.40. The zero-order valence-corrected chi connectivity index (χ0v) is 18.4. The van der Waals surface area contributed by atoms with E-state index in [4.69, 9.17) is 4.74 Å². The van der Waals surface area contributed by atoms with Crippen LogP contribution in [0.1, 0.15) is 91.2 Å². The van der Waals surface area contributed by atoms with E-state index in [1.165, 1.54) is 0 Å². The predicted molar refractivity (Wildman–Crippen MR) is 109 cm³/mol. The second-order valence-corrected chi connectivity index (χ2v) is 9.49. The Kier molecular flexibility index (Phi) is 7.02. The molecule has 1 aliphatic rings. The first-order valence-electron chi connectivity index (χ1n) is 10.3. The van der Waals surface area contributed by atoms with E-state index in [-0.39, 0.29) is 28.5 Å². The molecular weight excluding hydrogens is 356 g/mol. The summed E-state index contributed by atoms with van der Waals surface area (Å²) >= 11 is 0. The van der Waals surface area contributed by atoms with Crippen LogP contribution in [-0.2, 0) is 15.1 Å². The molecule has 1 amide bonds. The second-order valence-electron chi connectivity index (χ2n) is 9.49. The third kappa shape index (κ3) is 5.19. The number of carbonyl (C=O) groups is 1. The van der Waals surface area contributed by atoms with E-state index in [0.29, 0.717) is 18.2 Å². The van der Waals surface area contributed by atoms with Gasteiger partial charge in [0.1, 0.15) is 5.60 Å². The molecule has 1 heterocycles. The van der Waals surface area contributed by atoms with Crippen molar-refractivity contribution in [1.29, 1.82) is 0 Å². The van der Waals surface area contributed by atoms with Crippen LogP contribution in [0.5, 0.6) is 0 Å². The molecule has 2 rings (SSSR count). The fourth-order valence-corrected chi connectivity index (χ4v) is 3.82. The number of rotatable bonds is 6. The first-order chi connectivity index (χ1) is 13.0. The second kappa shape index (κ2) is 8.72. The van der Waals surface area contributed by atoms with Gasteiger partial charge >= 0.3 is 0 Å². The highest BCUT2D eigenvalue weighted by atomic mass is 16.5. The number of nitrogens with zero attached hydrogens (tertiary/aromatic N) is 2. The van der Waals surface area contributed by atoms with Crippen LogP contribution < -0.4 is 10.9 Å². The summed E-state index contributed by atoms with van der Waals surface area (Å²) < 4.78 is 5.34. The molecule has 1 aliphatic carbocycles. The first-order valence-corrected chi connectivity index (χ1v) is 10.3. The van der Waals surface area contributed by atoms with Gasteiger partial charge in [-0.15, -0.1) is 10.2 Å². The Labute approximate surface area is 168 Å². The normalized spacial score (nSPS) is 22.0. The summed E-state index contributed by atoms with van der Waals surface area (Å²) in [4.78, 5) is 28.1. The van der Waals surface area contributed by atoms with Gasteiger partial charge in [-0.3, -0.25) is 9.59 Å². The third-order valence-corrected chi connectivity index (χ3v) is 6.18. The minimum Gasteiger partial charge on any atom is -0.371 e. The molecule has 2 N–H and O–H groups in total. The van der Waals surface area contributed by atoms with E-state index in [1.807, 2.05) is 6.92 Å². The average Bonchev–Trinajstić information content (AvgIpc) is 2.65. The Balaban J connectivity index is 2.06. The molecule has 0 radical (unpaired) electrons. The molecule has 28 heavy (non-hydrogen) atoms. The van der Waals surface area contributed by atoms with Crippen LogP contribution in [0.4, 0.5) is 0 Å². The summed E-state index contributed by atoms with van der Waals surface area (Å²) in [5.74, 6) is 1.04. The predicted octanol–water partition coefficient (Wildman–Crippen LogP) is 3.47. The topological polar surface area (TPSA) is 97.0 Å². The lowest BCUT2D eigenvalue weighted by atomic mass is 9.69. The van der Waals surface area contributed by atoms with E-state index < -0.39 is 11.6 Å². The van der Waals surface area contributed by atoms with E-state index >= 15 is 0 Å². The zero-order chi connectivity index (χ0) is 21.1. The fourth-order valence-electron chi connectivity index (χ4n) is 3.82. The Morgan fingerprint density at radius 1 is 1.18 bits per heavy atom. The van der Waals surface area contributed by atoms with Crippen molar-refractivity contribution >= 4 is 5.91 Å². The van der Waals surface area contributed by atoms with Gasteiger partial charge in [0.25, 0.3) is 5.56 Å². The van der Waals surface area contributed by atoms with Crippen LogP contribution >= 0.6 is 0 Å². The number of ether oxygens (including phenoxy) is 1. The Morgan fingerprint density at radius 2 is 1.79 bits per heavy atom. The summed E-state index contributed by atoms with van der Waals surface area (Å²) in [5, 5.41) is 11.3. The average molecular weight is 393 g/mol. The van der Waals surface area contributed by atoms with E-state index in [2.05, 4.69) is 41.3 Å². The number of methoxy groups -OCH3 is 1. The van der Waals surface area contributed by atoms with Crippen LogP contribution in [-0.4, -0.2) is 28.2 Å². The van der Waals surface area contributed by atoms with Crippen molar-refractivity contribution in [3.05, 3.63) is 21.9 Å². The summed E-state index contributed by atoms with van der Waals surface area (Å²) in [6.45, 7) is 12.3. The molecule has 0 saturated heterocycles. The van der Waals surface area contributed by atoms with Gasteiger partial charge in [-0.2, -0.15) is 0 Å². The van der Waals surface area contributed by atoms with E-state index in [1.54, 1.807) is 21.0 Å². The zero-order valence-electron chi connectivity index (χ0n) is 18.4. The number of hydrogen-bond acceptors (Lipinski definition) is 5. The summed E-state index contributed by atoms with van der Waals surface area (Å²) in [6.07, 6.45) is 4.51. The van der Waals surface area contributed by atoms with Crippen molar-refractivity contribution in [2.24, 2.45) is 17.3 Å². The lowest BCUT2D eigenvalue weighted by Gasteiger charge is -2.36. The van der Waals surface area contributed by atoms with Crippen molar-refractivity contribution in [1.82, 2.24) is 20.5 Å². The molecule has 7 heteroatoms. The van der Waals surface area contributed by atoms with Gasteiger partial charge in [-0.1, -0.05) is 27.7 Å². The molecule has 1 atom stereocenters. The molecule has 1 aromatic rings. The minimum atomic E-state index is -0.735. The number of H-pyrrole nitrogens is 1. The molecular formula is C21H36N4O3. The fraction of sp³-hybridized carbons (Fsp3) is 0.810. The lowest BCUT2D eigenvalue weighted by Crippen LogP contribution is -2.40. The van der Waals surface area contributed by atoms with Crippen LogP contribution in [0.2, 0.25) is 0 Å². The molecule has 0 spiro atoms. The molecule has 158 valence electrons. The van der Waals surface area contributed by atoms with Crippen molar-refractivity contribution in [3.63, 3.8) is 0 Å². The van der Waals surface area contributed by atoms with Crippen molar-refractivity contribution in [2.75, 3.05) is 7.11 Å². The molecule has 1 aromatic heterocycles. The van der Waals surface area contributed by atoms with Crippen molar-refractivity contribution in [3.8, 4) is 0 Å². The summed E-state index contributed by atoms with van der Waals surface area (Å²) in [6, 6.07) is -0.441. The minimum absolute atomic E-state index is 0.00592. The number of carbonyl (C=O) groups excluding carboxylic acids is 1. The summed E-state index contributed by atoms with van der Waals surface area (Å²) in [7, 11) is 1.55. The highest BCUT2D eigenvalue weighted by Gasteiger charge is 2.33. The molecule has 1 fully saturated rings. The number of nitrogens with one attached hydrogen (secondary N) is 2. The Bertz CT molecular complexity index is 728. The maximum absolute atomic E-state index is 12.8. The monoisotopic (exact) mass is 392 g/mol. The van der Waals surface area contributed by atoms with E-state index in [0.717, 1.165) is 25.7 Å². The van der Waals surface area contributed by atoms with E-state index in [9.17, 15) is 9.59 Å². The summed E-state index contributed by atoms with van der Waals surface area (Å²) in [5.41, 5.74) is -0.538. The van der Waals surface area contributed by atoms with Crippen LogP contribution in [0.3, 0.4) is 0 Å². The van der Waals surface area contributed by atoms with Gasteiger partial charge in [0, 0.05) is 13.0 Å². The smallest absolute Gasteiger partial charge is 0.275 e. The van der Waals surface area contributed by atoms with Crippen LogP contribution in [0.25, 0.3) is 0 Å². The Hall–Kier alpha value is -1.76. The molecule has 7 nitrogen and oxygen atoms in total. The standard InChI is InChI=1S/C21H36N4O3/c1-8-15(16-18(27)23-19(25-24-16)21(5,6)28-7)22-17(26)13-9-11-14(12-10-13)20(2,3)4/h13-15H,8-12H2,1-7H3,(H,22,26)(H,23,25,27). The van der Waals surface area contributed by atoms with Gasteiger partial charge in [0.2, 0.25) is 5.91 Å². The lowest BCUT2D eigenvalue weighted by molar-refractivity contribution is -0.127. The number of aromatic amines is 1. The Morgan fingerprint density at radius 3 is 2.25 bits per heavy atom. The molecule has 1 saturated carbocycles. The number of amides is 1. The highest BCUT2D eigenvalue weighted by molar-refractivity contribution is 5.79.